The summed E-state index contributed by atoms with van der Waals surface area (Å²) in [5.41, 5.74) is 6.14. The van der Waals surface area contributed by atoms with E-state index < -0.39 is 6.36 Å². The Morgan fingerprint density at radius 3 is 2.40 bits per heavy atom. The van der Waals surface area contributed by atoms with Crippen LogP contribution in [0.3, 0.4) is 0 Å². The highest BCUT2D eigenvalue weighted by Crippen LogP contribution is 2.44. The van der Waals surface area contributed by atoms with Gasteiger partial charge in [0.15, 0.2) is 0 Å². The lowest BCUT2D eigenvalue weighted by molar-refractivity contribution is -0.274. The third kappa shape index (κ3) is 2.41. The van der Waals surface area contributed by atoms with E-state index in [9.17, 15) is 13.2 Å². The van der Waals surface area contributed by atoms with Crippen molar-refractivity contribution in [3.63, 3.8) is 0 Å². The normalized spacial score (nSPS) is 25.1. The zero-order valence-corrected chi connectivity index (χ0v) is 7.79. The summed E-state index contributed by atoms with van der Waals surface area (Å²) in [5, 5.41) is 0. The van der Waals surface area contributed by atoms with Crippen LogP contribution >= 0.6 is 0 Å². The van der Waals surface area contributed by atoms with E-state index in [2.05, 4.69) is 4.74 Å². The van der Waals surface area contributed by atoms with Gasteiger partial charge in [-0.1, -0.05) is 18.2 Å². The van der Waals surface area contributed by atoms with E-state index in [0.29, 0.717) is 5.56 Å². The van der Waals surface area contributed by atoms with Crippen molar-refractivity contribution in [1.82, 2.24) is 0 Å². The largest absolute Gasteiger partial charge is 0.573 e. The third-order valence-corrected chi connectivity index (χ3v) is 2.38. The molecule has 0 unspecified atom stereocenters. The molecule has 1 aliphatic carbocycles. The molecule has 1 saturated carbocycles. The molecule has 5 heteroatoms. The first-order valence-corrected chi connectivity index (χ1v) is 4.57. The van der Waals surface area contributed by atoms with Crippen molar-refractivity contribution in [1.29, 1.82) is 0 Å². The van der Waals surface area contributed by atoms with Gasteiger partial charge in [0.25, 0.3) is 0 Å². The summed E-state index contributed by atoms with van der Waals surface area (Å²) in [6.07, 6.45) is -3.92. The number of rotatable bonds is 2. The van der Waals surface area contributed by atoms with Crippen molar-refractivity contribution >= 4 is 0 Å². The number of hydrogen-bond donors (Lipinski definition) is 1. The number of halogens is 3. The van der Waals surface area contributed by atoms with Gasteiger partial charge in [-0.2, -0.15) is 0 Å². The van der Waals surface area contributed by atoms with E-state index in [1.807, 2.05) is 0 Å². The molecule has 0 spiro atoms. The number of ether oxygens (including phenoxy) is 1. The standard InChI is InChI=1S/C10H10F3NO/c11-10(12,13)15-9-4-2-1-3-6(9)7-5-8(7)14/h1-4,7-8H,5,14H2/t7-,8+/m1/s1. The maximum Gasteiger partial charge on any atom is 0.573 e. The number of benzene rings is 1. The van der Waals surface area contributed by atoms with E-state index in [4.69, 9.17) is 5.73 Å². The minimum absolute atomic E-state index is 0.00329. The van der Waals surface area contributed by atoms with Crippen LogP contribution in [0.4, 0.5) is 13.2 Å². The molecule has 0 amide bonds. The Morgan fingerprint density at radius 2 is 1.87 bits per heavy atom. The minimum Gasteiger partial charge on any atom is -0.405 e. The van der Waals surface area contributed by atoms with Crippen LogP contribution in [0.15, 0.2) is 24.3 Å². The van der Waals surface area contributed by atoms with Crippen molar-refractivity contribution in [2.45, 2.75) is 24.7 Å². The molecule has 0 saturated heterocycles. The Bertz CT molecular complexity index is 364. The van der Waals surface area contributed by atoms with Crippen LogP contribution in [-0.4, -0.2) is 12.4 Å². The second kappa shape index (κ2) is 3.41. The Balaban J connectivity index is 2.23. The van der Waals surface area contributed by atoms with Gasteiger partial charge in [-0.15, -0.1) is 13.2 Å². The fourth-order valence-corrected chi connectivity index (χ4v) is 1.58. The van der Waals surface area contributed by atoms with Gasteiger partial charge in [0, 0.05) is 12.0 Å². The highest BCUT2D eigenvalue weighted by Gasteiger charge is 2.39. The second-order valence-corrected chi connectivity index (χ2v) is 3.59. The summed E-state index contributed by atoms with van der Waals surface area (Å²) < 4.78 is 40.1. The average molecular weight is 217 g/mol. The minimum atomic E-state index is -4.64. The van der Waals surface area contributed by atoms with Crippen LogP contribution in [-0.2, 0) is 0 Å². The number of para-hydroxylation sites is 1. The summed E-state index contributed by atoms with van der Waals surface area (Å²) in [6, 6.07) is 6.09. The molecule has 1 aromatic carbocycles. The summed E-state index contributed by atoms with van der Waals surface area (Å²) in [4.78, 5) is 0. The quantitative estimate of drug-likeness (QED) is 0.825. The molecular formula is C10H10F3NO. The predicted octanol–water partition coefficient (Wildman–Crippen LogP) is 2.40. The van der Waals surface area contributed by atoms with E-state index in [1.54, 1.807) is 12.1 Å². The van der Waals surface area contributed by atoms with E-state index in [0.717, 1.165) is 6.42 Å². The van der Waals surface area contributed by atoms with Crippen LogP contribution in [0.1, 0.15) is 17.9 Å². The Kier molecular flexibility index (Phi) is 2.34. The molecule has 2 N–H and O–H groups in total. The van der Waals surface area contributed by atoms with Crippen molar-refractivity contribution < 1.29 is 17.9 Å². The SMILES string of the molecule is N[C@H]1C[C@@H]1c1ccccc1OC(F)(F)F. The predicted molar refractivity (Wildman–Crippen MR) is 48.5 cm³/mol. The molecule has 15 heavy (non-hydrogen) atoms. The van der Waals surface area contributed by atoms with Gasteiger partial charge in [-0.25, -0.2) is 0 Å². The van der Waals surface area contributed by atoms with Crippen molar-refractivity contribution in [2.24, 2.45) is 5.73 Å². The molecule has 2 rings (SSSR count). The van der Waals surface area contributed by atoms with Gasteiger partial charge in [0.1, 0.15) is 5.75 Å². The van der Waals surface area contributed by atoms with Gasteiger partial charge in [-0.3, -0.25) is 0 Å². The van der Waals surface area contributed by atoms with Crippen LogP contribution in [0, 0.1) is 0 Å². The molecule has 82 valence electrons. The van der Waals surface area contributed by atoms with Crippen LogP contribution in [0.2, 0.25) is 0 Å². The van der Waals surface area contributed by atoms with E-state index in [1.165, 1.54) is 12.1 Å². The van der Waals surface area contributed by atoms with Gasteiger partial charge in [0.2, 0.25) is 0 Å². The van der Waals surface area contributed by atoms with Crippen LogP contribution < -0.4 is 10.5 Å². The summed E-state index contributed by atoms with van der Waals surface area (Å²) in [7, 11) is 0. The molecule has 0 bridgehead atoms. The van der Waals surface area contributed by atoms with Gasteiger partial charge >= 0.3 is 6.36 Å². The summed E-state index contributed by atoms with van der Waals surface area (Å²) in [5.74, 6) is -0.133. The zero-order chi connectivity index (χ0) is 11.1. The Morgan fingerprint density at radius 1 is 1.27 bits per heavy atom. The molecule has 0 aliphatic heterocycles. The zero-order valence-electron chi connectivity index (χ0n) is 7.79. The lowest BCUT2D eigenvalue weighted by Gasteiger charge is -2.12. The van der Waals surface area contributed by atoms with E-state index >= 15 is 0 Å². The molecular weight excluding hydrogens is 207 g/mol. The first kappa shape index (κ1) is 10.3. The third-order valence-electron chi connectivity index (χ3n) is 2.38. The molecule has 1 aromatic rings. The lowest BCUT2D eigenvalue weighted by Crippen LogP contribution is -2.18. The fourth-order valence-electron chi connectivity index (χ4n) is 1.58. The van der Waals surface area contributed by atoms with Crippen molar-refractivity contribution in [3.05, 3.63) is 29.8 Å². The maximum atomic E-state index is 12.0. The molecule has 2 atom stereocenters. The molecule has 0 radical (unpaired) electrons. The van der Waals surface area contributed by atoms with Gasteiger partial charge < -0.3 is 10.5 Å². The molecule has 1 fully saturated rings. The second-order valence-electron chi connectivity index (χ2n) is 3.59. The van der Waals surface area contributed by atoms with Crippen molar-refractivity contribution in [3.8, 4) is 5.75 Å². The summed E-state index contributed by atoms with van der Waals surface area (Å²) >= 11 is 0. The van der Waals surface area contributed by atoms with Crippen LogP contribution in [0.25, 0.3) is 0 Å². The maximum absolute atomic E-state index is 12.0. The van der Waals surface area contributed by atoms with Gasteiger partial charge in [0.05, 0.1) is 0 Å². The lowest BCUT2D eigenvalue weighted by atomic mass is 10.1. The Labute approximate surface area is 84.8 Å². The monoisotopic (exact) mass is 217 g/mol. The first-order valence-electron chi connectivity index (χ1n) is 4.57. The fraction of sp³-hybridized carbons (Fsp3) is 0.400. The van der Waals surface area contributed by atoms with E-state index in [-0.39, 0.29) is 17.7 Å². The molecule has 0 aromatic heterocycles. The van der Waals surface area contributed by atoms with Crippen LogP contribution in [0.5, 0.6) is 5.75 Å². The first-order chi connectivity index (χ1) is 6.97. The number of alkyl halides is 3. The highest BCUT2D eigenvalue weighted by molar-refractivity contribution is 5.40. The highest BCUT2D eigenvalue weighted by atomic mass is 19.4. The van der Waals surface area contributed by atoms with Gasteiger partial charge in [-0.05, 0) is 18.1 Å². The topological polar surface area (TPSA) is 35.2 Å². The average Bonchev–Trinajstić information content (AvgIpc) is 2.80. The smallest absolute Gasteiger partial charge is 0.405 e. The number of hydrogen-bond acceptors (Lipinski definition) is 2. The molecule has 0 heterocycles. The summed E-state index contributed by atoms with van der Waals surface area (Å²) in [6.45, 7) is 0. The number of nitrogens with two attached hydrogens (primary N) is 1. The Hall–Kier alpha value is -1.23. The molecule has 1 aliphatic rings. The molecule has 2 nitrogen and oxygen atoms in total. The van der Waals surface area contributed by atoms with Crippen molar-refractivity contribution in [2.75, 3.05) is 0 Å².